The van der Waals surface area contributed by atoms with Crippen LogP contribution in [0.2, 0.25) is 0 Å². The second kappa shape index (κ2) is 71.0. The SMILES string of the molecule is CCN(C)C(=O)NCCOCCOCCOCCOCCCc1cccc(C(=O)Nc2ccc(N(CC)CC)cc2-c2cc(C(=O)NCc3cccc(C)c3)ccn2)c1.CCN(CC)c1ccc(NC(=O)c2cccc(CCCOCCOCCOCCOCCN)c2)c(-c2cc(C(=O)NCc3cccc(C(F)(F)F)c3)ccn2)c1.CCOCCOCCOCCOCCOCCOCCOC. The van der Waals surface area contributed by atoms with Gasteiger partial charge in [-0.15, -0.1) is 0 Å². The number of nitrogens with two attached hydrogens (primary N) is 1. The molecular weight excluding hydrogens is 1770 g/mol. The number of pyridine rings is 2. The van der Waals surface area contributed by atoms with Gasteiger partial charge in [0.15, 0.2) is 0 Å². The first-order valence-corrected chi connectivity index (χ1v) is 47.3. The van der Waals surface area contributed by atoms with Crippen molar-refractivity contribution in [2.75, 3.05) is 272 Å². The molecule has 31 nitrogen and oxygen atoms in total. The molecule has 7 N–H and O–H groups in total. The topological polar surface area (TPSA) is 345 Å². The predicted molar refractivity (Wildman–Crippen MR) is 527 cm³/mol. The Bertz CT molecular complexity index is 4650. The van der Waals surface area contributed by atoms with Crippen LogP contribution in [0.15, 0.2) is 170 Å². The molecule has 2 aromatic heterocycles. The Kier molecular flexibility index (Phi) is 59.8. The number of benzene rings is 6. The predicted octanol–water partition coefficient (Wildman–Crippen LogP) is 14.3. The maximum absolute atomic E-state index is 13.7. The van der Waals surface area contributed by atoms with E-state index in [0.29, 0.717) is 262 Å². The number of aryl methyl sites for hydroxylation is 3. The van der Waals surface area contributed by atoms with E-state index in [9.17, 15) is 37.1 Å². The van der Waals surface area contributed by atoms with Crippen LogP contribution < -0.4 is 42.1 Å². The molecule has 0 aliphatic heterocycles. The van der Waals surface area contributed by atoms with Crippen molar-refractivity contribution < 1.29 is 108 Å². The number of urea groups is 1. The first kappa shape index (κ1) is 115. The highest BCUT2D eigenvalue weighted by molar-refractivity contribution is 6.08. The van der Waals surface area contributed by atoms with Crippen LogP contribution in [0.3, 0.4) is 0 Å². The second-order valence-electron chi connectivity index (χ2n) is 30.9. The van der Waals surface area contributed by atoms with Crippen LogP contribution in [0.4, 0.5) is 40.7 Å². The number of rotatable bonds is 69. The molecule has 34 heteroatoms. The fourth-order valence-corrected chi connectivity index (χ4v) is 13.3. The van der Waals surface area contributed by atoms with Crippen LogP contribution in [0.25, 0.3) is 22.5 Å². The lowest BCUT2D eigenvalue weighted by atomic mass is 10.0. The number of hydrogen-bond acceptors (Lipinski definition) is 25. The van der Waals surface area contributed by atoms with E-state index in [1.165, 1.54) is 24.4 Å². The third-order valence-electron chi connectivity index (χ3n) is 20.8. The number of nitrogens with zero attached hydrogens (tertiary/aromatic N) is 5. The lowest BCUT2D eigenvalue weighted by Crippen LogP contribution is -2.38. The van der Waals surface area contributed by atoms with Crippen molar-refractivity contribution in [2.24, 2.45) is 5.73 Å². The molecule has 8 aromatic rings. The Hall–Kier alpha value is -10.5. The van der Waals surface area contributed by atoms with Gasteiger partial charge in [-0.3, -0.25) is 29.1 Å². The average molecular weight is 1920 g/mol. The fraction of sp³-hybridized carbons (Fsp3) is 0.505. The van der Waals surface area contributed by atoms with E-state index >= 15 is 0 Å². The zero-order valence-corrected chi connectivity index (χ0v) is 81.5. The number of aromatic nitrogens is 2. The van der Waals surface area contributed by atoms with E-state index in [1.54, 1.807) is 55.6 Å². The number of alkyl halides is 3. The summed E-state index contributed by atoms with van der Waals surface area (Å²) in [4.78, 5) is 80.6. The highest BCUT2D eigenvalue weighted by Gasteiger charge is 2.31. The van der Waals surface area contributed by atoms with E-state index in [0.717, 1.165) is 110 Å². The van der Waals surface area contributed by atoms with Gasteiger partial charge in [-0.1, -0.05) is 66.2 Å². The Morgan fingerprint density at radius 3 is 1.10 bits per heavy atom. The number of halogens is 3. The molecule has 137 heavy (non-hydrogen) atoms. The maximum atomic E-state index is 13.7. The number of amides is 6. The van der Waals surface area contributed by atoms with Gasteiger partial charge in [0.2, 0.25) is 0 Å². The Balaban J connectivity index is 0.000000346. The first-order valence-electron chi connectivity index (χ1n) is 47.3. The molecule has 754 valence electrons. The number of carbonyl (C=O) groups excluding carboxylic acids is 5. The quantitative estimate of drug-likeness (QED) is 0.0193. The summed E-state index contributed by atoms with van der Waals surface area (Å²) in [5.74, 6) is -1.22. The van der Waals surface area contributed by atoms with Gasteiger partial charge in [-0.05, 0) is 193 Å². The van der Waals surface area contributed by atoms with Gasteiger partial charge in [-0.25, -0.2) is 4.79 Å². The summed E-state index contributed by atoms with van der Waals surface area (Å²) in [6, 6.07) is 46.0. The molecule has 0 bridgehead atoms. The van der Waals surface area contributed by atoms with Crippen molar-refractivity contribution >= 4 is 52.4 Å². The van der Waals surface area contributed by atoms with E-state index in [-0.39, 0.29) is 35.9 Å². The van der Waals surface area contributed by atoms with Crippen LogP contribution in [-0.2, 0) is 103 Å². The zero-order chi connectivity index (χ0) is 98.6. The fourth-order valence-electron chi connectivity index (χ4n) is 13.3. The van der Waals surface area contributed by atoms with Crippen molar-refractivity contribution in [1.82, 2.24) is 30.8 Å². The van der Waals surface area contributed by atoms with Crippen molar-refractivity contribution in [2.45, 2.75) is 93.4 Å². The Morgan fingerprint density at radius 1 is 0.365 bits per heavy atom. The summed E-state index contributed by atoms with van der Waals surface area (Å²) in [7, 11) is 3.39. The first-order chi connectivity index (χ1) is 66.7. The van der Waals surface area contributed by atoms with E-state index < -0.39 is 17.6 Å². The average Bonchev–Trinajstić information content (AvgIpc) is 0.803. The van der Waals surface area contributed by atoms with Crippen molar-refractivity contribution in [3.8, 4) is 22.5 Å². The molecule has 0 radical (unpaired) electrons. The molecule has 0 unspecified atom stereocenters. The molecule has 0 atom stereocenters. The van der Waals surface area contributed by atoms with Gasteiger partial charge < -0.3 is 118 Å². The van der Waals surface area contributed by atoms with Gasteiger partial charge in [0.1, 0.15) is 0 Å². The highest BCUT2D eigenvalue weighted by atomic mass is 19.4. The summed E-state index contributed by atoms with van der Waals surface area (Å²) >= 11 is 0. The van der Waals surface area contributed by atoms with Gasteiger partial charge in [-0.2, -0.15) is 13.2 Å². The minimum atomic E-state index is -4.49. The van der Waals surface area contributed by atoms with Gasteiger partial charge in [0.25, 0.3) is 23.6 Å². The standard InChI is InChI=1S/C46H62N6O7.C42H52F3N5O6.C15H32O7/c1-6-51(5)46(55)48-21-23-57-25-27-59-29-28-58-26-24-56-22-11-15-36-13-10-16-38(31-36)45(54)50-42-18-17-40(52(7-2)8-3)33-41(42)43-32-39(19-20-47-43)44(53)49-34-37-14-9-12-35(4)30-37;1-3-50(4-2)36-13-14-38(37(29-36)39-28-34(15-17-47-39)40(51)48-30-32-9-6-12-35(27-32)42(43,44)45)49-41(52)33-11-5-8-31(26-33)10-7-18-53-20-22-55-24-25-56-23-21-54-19-16-46;1-3-17-6-7-19-10-11-21-14-15-22-13-12-20-9-8-18-5-4-16-2/h9-10,12-14,16-20,30-33H,6-8,11,15,21-29,34H2,1-5H3,(H,48,55)(H,49,53)(H,50,54);5-6,8-9,11-15,17,26-29H,3-4,7,10,16,18-25,30,46H2,1-2H3,(H,48,51)(H,49,52);3-15H2,1-2H3. The van der Waals surface area contributed by atoms with Gasteiger partial charge >= 0.3 is 12.2 Å². The van der Waals surface area contributed by atoms with Crippen LogP contribution in [0, 0.1) is 6.92 Å². The molecule has 8 rings (SSSR count). The summed E-state index contributed by atoms with van der Waals surface area (Å²) in [5.41, 5.74) is 16.2. The van der Waals surface area contributed by atoms with Crippen LogP contribution in [0.1, 0.15) is 129 Å². The molecule has 0 fully saturated rings. The van der Waals surface area contributed by atoms with E-state index in [2.05, 4.69) is 66.3 Å². The minimum absolute atomic E-state index is 0.0928. The van der Waals surface area contributed by atoms with Crippen molar-refractivity contribution in [3.05, 3.63) is 226 Å². The smallest absolute Gasteiger partial charge is 0.382 e. The number of hydrogen-bond donors (Lipinski definition) is 6. The summed E-state index contributed by atoms with van der Waals surface area (Å²) < 4.78 is 120. The third kappa shape index (κ3) is 48.1. The summed E-state index contributed by atoms with van der Waals surface area (Å²) in [6.07, 6.45) is 1.67. The molecule has 6 aromatic carbocycles. The molecule has 0 aliphatic carbocycles. The van der Waals surface area contributed by atoms with Gasteiger partial charge in [0, 0.05) is 150 Å². The number of methoxy groups -OCH3 is 1. The molecule has 0 saturated carbocycles. The zero-order valence-electron chi connectivity index (χ0n) is 81.5. The molecule has 0 saturated heterocycles. The molecule has 2 heterocycles. The van der Waals surface area contributed by atoms with Crippen molar-refractivity contribution in [1.29, 1.82) is 0 Å². The maximum Gasteiger partial charge on any atom is 0.416 e. The van der Waals surface area contributed by atoms with Gasteiger partial charge in [0.05, 0.1) is 200 Å². The minimum Gasteiger partial charge on any atom is -0.382 e. The highest BCUT2D eigenvalue weighted by Crippen LogP contribution is 2.35. The lowest BCUT2D eigenvalue weighted by Gasteiger charge is -2.23. The molecular formula is C103H146F3N11O20. The van der Waals surface area contributed by atoms with Crippen LogP contribution in [-0.4, -0.2) is 296 Å². The van der Waals surface area contributed by atoms with Crippen molar-refractivity contribution in [3.63, 3.8) is 0 Å². The largest absolute Gasteiger partial charge is 0.416 e. The van der Waals surface area contributed by atoms with E-state index in [4.69, 9.17) is 76.8 Å². The third-order valence-corrected chi connectivity index (χ3v) is 20.8. The normalized spacial score (nSPS) is 11.2. The van der Waals surface area contributed by atoms with E-state index in [1.807, 2.05) is 126 Å². The number of nitrogens with one attached hydrogen (secondary N) is 5. The second-order valence-corrected chi connectivity index (χ2v) is 30.9. The number of anilines is 4. The summed E-state index contributed by atoms with van der Waals surface area (Å²) in [6.45, 7) is 34.8. The molecule has 0 spiro atoms. The lowest BCUT2D eigenvalue weighted by molar-refractivity contribution is -0.137. The monoisotopic (exact) mass is 1910 g/mol. The Morgan fingerprint density at radius 2 is 0.723 bits per heavy atom. The molecule has 6 amide bonds. The van der Waals surface area contributed by atoms with Crippen LogP contribution >= 0.6 is 0 Å². The molecule has 0 aliphatic rings. The van der Waals surface area contributed by atoms with Crippen LogP contribution in [0.5, 0.6) is 0 Å². The summed E-state index contributed by atoms with van der Waals surface area (Å²) in [5, 5.41) is 14.7. The number of ether oxygens (including phenoxy) is 15. The number of carbonyl (C=O) groups is 5. The Labute approximate surface area is 806 Å².